The fraction of sp³-hybridized carbons (Fsp3) is 0.182. The van der Waals surface area contributed by atoms with Crippen LogP contribution < -0.4 is 10.1 Å². The number of furan rings is 1. The fourth-order valence-electron chi connectivity index (χ4n) is 2.61. The Labute approximate surface area is 163 Å². The molecule has 144 valence electrons. The molecular weight excluding hydrogens is 358 g/mol. The van der Waals surface area contributed by atoms with E-state index in [1.807, 2.05) is 32.0 Å². The van der Waals surface area contributed by atoms with Crippen molar-refractivity contribution < 1.29 is 23.5 Å². The van der Waals surface area contributed by atoms with Gasteiger partial charge in [-0.3, -0.25) is 4.79 Å². The predicted molar refractivity (Wildman–Crippen MR) is 105 cm³/mol. The average Bonchev–Trinajstić information content (AvgIpc) is 3.19. The summed E-state index contributed by atoms with van der Waals surface area (Å²) in [5.74, 6) is 0.577. The summed E-state index contributed by atoms with van der Waals surface area (Å²) in [6, 6.07) is 15.6. The summed E-state index contributed by atoms with van der Waals surface area (Å²) in [5.41, 5.74) is 3.31. The van der Waals surface area contributed by atoms with Gasteiger partial charge in [-0.05, 0) is 67.4 Å². The van der Waals surface area contributed by atoms with E-state index < -0.39 is 5.97 Å². The number of rotatable bonds is 6. The molecule has 0 saturated heterocycles. The van der Waals surface area contributed by atoms with Crippen molar-refractivity contribution in [3.05, 3.63) is 82.8 Å². The van der Waals surface area contributed by atoms with Gasteiger partial charge in [0.05, 0.1) is 12.7 Å². The number of benzene rings is 2. The molecule has 0 aliphatic carbocycles. The summed E-state index contributed by atoms with van der Waals surface area (Å²) in [5, 5.41) is 2.86. The fourth-order valence-corrected chi connectivity index (χ4v) is 2.61. The molecule has 0 aliphatic rings. The Morgan fingerprint density at radius 3 is 2.46 bits per heavy atom. The molecule has 1 heterocycles. The highest BCUT2D eigenvalue weighted by Crippen LogP contribution is 2.20. The molecule has 0 unspecified atom stereocenters. The molecule has 1 amide bonds. The molecule has 0 atom stereocenters. The highest BCUT2D eigenvalue weighted by Gasteiger charge is 2.13. The lowest BCUT2D eigenvalue weighted by atomic mass is 10.1. The number of amides is 1. The van der Waals surface area contributed by atoms with Crippen LogP contribution in [0.25, 0.3) is 0 Å². The van der Waals surface area contributed by atoms with Gasteiger partial charge in [0, 0.05) is 5.69 Å². The molecule has 0 radical (unpaired) electrons. The van der Waals surface area contributed by atoms with Crippen molar-refractivity contribution in [3.63, 3.8) is 0 Å². The predicted octanol–water partition coefficient (Wildman–Crippen LogP) is 4.51. The molecular formula is C22H21NO5. The highest BCUT2D eigenvalue weighted by molar-refractivity contribution is 6.02. The lowest BCUT2D eigenvalue weighted by Gasteiger charge is -2.09. The van der Waals surface area contributed by atoms with Crippen molar-refractivity contribution in [1.82, 2.24) is 0 Å². The van der Waals surface area contributed by atoms with Crippen LogP contribution in [0, 0.1) is 13.8 Å². The third kappa shape index (κ3) is 4.40. The second-order valence-electron chi connectivity index (χ2n) is 6.27. The minimum absolute atomic E-state index is 0.161. The summed E-state index contributed by atoms with van der Waals surface area (Å²) in [7, 11) is 1.33. The Hall–Kier alpha value is -3.54. The molecule has 28 heavy (non-hydrogen) atoms. The Kier molecular flexibility index (Phi) is 5.79. The largest absolute Gasteiger partial charge is 0.486 e. The van der Waals surface area contributed by atoms with Crippen molar-refractivity contribution in [2.24, 2.45) is 0 Å². The third-order valence-corrected chi connectivity index (χ3v) is 4.39. The number of anilines is 1. The summed E-state index contributed by atoms with van der Waals surface area (Å²) < 4.78 is 15.9. The second-order valence-corrected chi connectivity index (χ2v) is 6.27. The summed E-state index contributed by atoms with van der Waals surface area (Å²) >= 11 is 0. The van der Waals surface area contributed by atoms with E-state index in [-0.39, 0.29) is 18.3 Å². The molecule has 3 rings (SSSR count). The zero-order valence-corrected chi connectivity index (χ0v) is 15.9. The van der Waals surface area contributed by atoms with Gasteiger partial charge in [-0.15, -0.1) is 0 Å². The number of aryl methyl sites for hydroxylation is 1. The van der Waals surface area contributed by atoms with Gasteiger partial charge < -0.3 is 19.2 Å². The molecule has 0 spiro atoms. The van der Waals surface area contributed by atoms with E-state index in [0.29, 0.717) is 17.1 Å². The molecule has 1 aromatic heterocycles. The smallest absolute Gasteiger partial charge is 0.337 e. The van der Waals surface area contributed by atoms with Crippen LogP contribution in [0.2, 0.25) is 0 Å². The van der Waals surface area contributed by atoms with Crippen LogP contribution >= 0.6 is 0 Å². The lowest BCUT2D eigenvalue weighted by Crippen LogP contribution is -2.12. The number of methoxy groups -OCH3 is 1. The summed E-state index contributed by atoms with van der Waals surface area (Å²) in [4.78, 5) is 23.8. The maximum absolute atomic E-state index is 12.4. The van der Waals surface area contributed by atoms with Crippen LogP contribution in [0.1, 0.15) is 37.8 Å². The normalized spacial score (nSPS) is 10.4. The molecule has 6 nitrogen and oxygen atoms in total. The van der Waals surface area contributed by atoms with Crippen molar-refractivity contribution in [2.75, 3.05) is 12.4 Å². The van der Waals surface area contributed by atoms with Gasteiger partial charge in [0.25, 0.3) is 5.91 Å². The van der Waals surface area contributed by atoms with E-state index in [2.05, 4.69) is 10.1 Å². The van der Waals surface area contributed by atoms with Crippen molar-refractivity contribution >= 4 is 17.6 Å². The Balaban J connectivity index is 1.60. The average molecular weight is 379 g/mol. The first-order valence-electron chi connectivity index (χ1n) is 8.75. The Morgan fingerprint density at radius 1 is 1.00 bits per heavy atom. The van der Waals surface area contributed by atoms with Gasteiger partial charge in [-0.1, -0.05) is 12.1 Å². The number of nitrogens with one attached hydrogen (secondary N) is 1. The number of ether oxygens (including phenoxy) is 2. The maximum atomic E-state index is 12.4. The molecule has 1 N–H and O–H groups in total. The number of carbonyl (C=O) groups excluding carboxylic acids is 2. The first-order valence-corrected chi connectivity index (χ1v) is 8.75. The van der Waals surface area contributed by atoms with Crippen LogP contribution in [0.15, 0.2) is 59.0 Å². The monoisotopic (exact) mass is 379 g/mol. The van der Waals surface area contributed by atoms with Crippen LogP contribution in [0.3, 0.4) is 0 Å². The molecule has 0 bridgehead atoms. The third-order valence-electron chi connectivity index (χ3n) is 4.39. The second kappa shape index (κ2) is 8.43. The number of carbonyl (C=O) groups is 2. The van der Waals surface area contributed by atoms with Gasteiger partial charge in [0.15, 0.2) is 5.76 Å². The van der Waals surface area contributed by atoms with E-state index in [9.17, 15) is 9.59 Å². The van der Waals surface area contributed by atoms with E-state index >= 15 is 0 Å². The van der Waals surface area contributed by atoms with Crippen molar-refractivity contribution in [3.8, 4) is 5.75 Å². The first kappa shape index (κ1) is 19.2. The minimum Gasteiger partial charge on any atom is -0.486 e. The quantitative estimate of drug-likeness (QED) is 0.638. The Morgan fingerprint density at radius 2 is 1.75 bits per heavy atom. The molecule has 0 saturated carbocycles. The minimum atomic E-state index is -0.405. The van der Waals surface area contributed by atoms with Gasteiger partial charge in [-0.25, -0.2) is 4.79 Å². The van der Waals surface area contributed by atoms with E-state index in [1.165, 1.54) is 7.11 Å². The molecule has 6 heteroatoms. The number of hydrogen-bond acceptors (Lipinski definition) is 5. The van der Waals surface area contributed by atoms with Crippen LogP contribution in [0.5, 0.6) is 5.75 Å². The van der Waals surface area contributed by atoms with Crippen molar-refractivity contribution in [1.29, 1.82) is 0 Å². The van der Waals surface area contributed by atoms with E-state index in [1.54, 1.807) is 36.4 Å². The lowest BCUT2D eigenvalue weighted by molar-refractivity contribution is 0.0600. The summed E-state index contributed by atoms with van der Waals surface area (Å²) in [6.07, 6.45) is 0. The van der Waals surface area contributed by atoms with E-state index in [0.717, 1.165) is 16.8 Å². The van der Waals surface area contributed by atoms with Crippen LogP contribution in [-0.4, -0.2) is 19.0 Å². The van der Waals surface area contributed by atoms with Gasteiger partial charge in [0.1, 0.15) is 18.1 Å². The topological polar surface area (TPSA) is 77.8 Å². The maximum Gasteiger partial charge on any atom is 0.337 e. The van der Waals surface area contributed by atoms with Gasteiger partial charge in [0.2, 0.25) is 0 Å². The van der Waals surface area contributed by atoms with Crippen LogP contribution in [-0.2, 0) is 11.3 Å². The first-order chi connectivity index (χ1) is 13.5. The zero-order valence-electron chi connectivity index (χ0n) is 15.9. The zero-order chi connectivity index (χ0) is 20.1. The molecule has 0 aliphatic heterocycles. The SMILES string of the molecule is COC(=O)c1ccc(OCc2ccc(C(=O)Nc3cccc(C)c3C)o2)cc1. The summed E-state index contributed by atoms with van der Waals surface area (Å²) in [6.45, 7) is 4.11. The van der Waals surface area contributed by atoms with Gasteiger partial charge in [-0.2, -0.15) is 0 Å². The Bertz CT molecular complexity index is 988. The van der Waals surface area contributed by atoms with Crippen molar-refractivity contribution in [2.45, 2.75) is 20.5 Å². The number of hydrogen-bond donors (Lipinski definition) is 1. The van der Waals surface area contributed by atoms with Gasteiger partial charge >= 0.3 is 5.97 Å². The van der Waals surface area contributed by atoms with E-state index in [4.69, 9.17) is 9.15 Å². The molecule has 0 fully saturated rings. The molecule has 2 aromatic carbocycles. The molecule has 3 aromatic rings. The number of esters is 1. The van der Waals surface area contributed by atoms with Crippen LogP contribution in [0.4, 0.5) is 5.69 Å². The highest BCUT2D eigenvalue weighted by atomic mass is 16.5. The standard InChI is InChI=1S/C22H21NO5/c1-14-5-4-6-19(15(14)2)23-21(24)20-12-11-18(28-20)13-27-17-9-7-16(8-10-17)22(25)26-3/h4-12H,13H2,1-3H3,(H,23,24).